The van der Waals surface area contributed by atoms with Gasteiger partial charge < -0.3 is 5.32 Å². The molecule has 30 heavy (non-hydrogen) atoms. The average molecular weight is 470 g/mol. The van der Waals surface area contributed by atoms with Crippen LogP contribution in [0.15, 0.2) is 42.5 Å². The summed E-state index contributed by atoms with van der Waals surface area (Å²) < 4.78 is 25.5. The van der Waals surface area contributed by atoms with Crippen LogP contribution in [0.4, 0.5) is 0 Å². The highest BCUT2D eigenvalue weighted by atomic mass is 35.5. The van der Waals surface area contributed by atoms with Gasteiger partial charge in [0.15, 0.2) is 0 Å². The standard InChI is InChI=1S/C21H25Cl2N3O3S/c1-2-30(28,29)26-10-8-25(9-11-26)15-16-4-3-5-17(12-16)21(27)24-14-18-6-7-19(22)13-20(18)23/h3-7,12-13H,2,8-11,14-15H2,1H3,(H,24,27). The van der Waals surface area contributed by atoms with E-state index >= 15 is 0 Å². The third kappa shape index (κ3) is 5.95. The quantitative estimate of drug-likeness (QED) is 0.674. The van der Waals surface area contributed by atoms with Gasteiger partial charge in [-0.2, -0.15) is 4.31 Å². The van der Waals surface area contributed by atoms with Gasteiger partial charge in [0.1, 0.15) is 0 Å². The lowest BCUT2D eigenvalue weighted by molar-refractivity contribution is 0.0950. The second-order valence-electron chi connectivity index (χ2n) is 7.19. The molecule has 6 nitrogen and oxygen atoms in total. The average Bonchev–Trinajstić information content (AvgIpc) is 2.73. The Morgan fingerprint density at radius 3 is 2.47 bits per heavy atom. The molecular weight excluding hydrogens is 445 g/mol. The molecule has 0 saturated carbocycles. The maximum atomic E-state index is 12.6. The Hall–Kier alpha value is -1.64. The molecule has 9 heteroatoms. The van der Waals surface area contributed by atoms with Gasteiger partial charge >= 0.3 is 0 Å². The van der Waals surface area contributed by atoms with Crippen molar-refractivity contribution < 1.29 is 13.2 Å². The molecule has 0 bridgehead atoms. The number of nitrogens with zero attached hydrogens (tertiary/aromatic N) is 2. The topological polar surface area (TPSA) is 69.7 Å². The van der Waals surface area contributed by atoms with Gasteiger partial charge in [-0.25, -0.2) is 8.42 Å². The lowest BCUT2D eigenvalue weighted by atomic mass is 10.1. The SMILES string of the molecule is CCS(=O)(=O)N1CCN(Cc2cccc(C(=O)NCc3ccc(Cl)cc3Cl)c2)CC1. The summed E-state index contributed by atoms with van der Waals surface area (Å²) in [7, 11) is -3.13. The fourth-order valence-electron chi connectivity index (χ4n) is 3.36. The van der Waals surface area contributed by atoms with Crippen LogP contribution in [0, 0.1) is 0 Å². The van der Waals surface area contributed by atoms with Crippen molar-refractivity contribution >= 4 is 39.1 Å². The number of amides is 1. The van der Waals surface area contributed by atoms with Crippen LogP contribution in [0.1, 0.15) is 28.4 Å². The fraction of sp³-hybridized carbons (Fsp3) is 0.381. The molecule has 0 atom stereocenters. The highest BCUT2D eigenvalue weighted by molar-refractivity contribution is 7.89. The molecule has 0 radical (unpaired) electrons. The summed E-state index contributed by atoms with van der Waals surface area (Å²) >= 11 is 12.1. The van der Waals surface area contributed by atoms with Gasteiger partial charge in [-0.3, -0.25) is 9.69 Å². The van der Waals surface area contributed by atoms with Crippen LogP contribution in [0.25, 0.3) is 0 Å². The highest BCUT2D eigenvalue weighted by Crippen LogP contribution is 2.21. The third-order valence-electron chi connectivity index (χ3n) is 5.14. The van der Waals surface area contributed by atoms with Crippen molar-refractivity contribution in [3.05, 3.63) is 69.2 Å². The number of hydrogen-bond acceptors (Lipinski definition) is 4. The fourth-order valence-corrected chi connectivity index (χ4v) is 4.92. The van der Waals surface area contributed by atoms with Gasteiger partial charge in [0.2, 0.25) is 10.0 Å². The minimum absolute atomic E-state index is 0.130. The van der Waals surface area contributed by atoms with E-state index in [9.17, 15) is 13.2 Å². The Kier molecular flexibility index (Phi) is 7.76. The Bertz CT molecular complexity index is 1010. The van der Waals surface area contributed by atoms with Crippen LogP contribution >= 0.6 is 23.2 Å². The number of carbonyl (C=O) groups is 1. The third-order valence-corrected chi connectivity index (χ3v) is 7.61. The summed E-state index contributed by atoms with van der Waals surface area (Å²) in [5, 5.41) is 3.95. The molecule has 2 aromatic carbocycles. The van der Waals surface area contributed by atoms with E-state index in [1.165, 1.54) is 0 Å². The molecule has 0 unspecified atom stereocenters. The molecule has 1 amide bonds. The molecule has 162 valence electrons. The maximum Gasteiger partial charge on any atom is 0.251 e. The highest BCUT2D eigenvalue weighted by Gasteiger charge is 2.25. The Balaban J connectivity index is 1.56. The Labute approximate surface area is 187 Å². The summed E-state index contributed by atoms with van der Waals surface area (Å²) in [6, 6.07) is 12.7. The largest absolute Gasteiger partial charge is 0.348 e. The number of piperazine rings is 1. The minimum Gasteiger partial charge on any atom is -0.348 e. The van der Waals surface area contributed by atoms with Crippen LogP contribution in [-0.4, -0.2) is 55.5 Å². The molecular formula is C21H25Cl2N3O3S. The lowest BCUT2D eigenvalue weighted by Crippen LogP contribution is -2.48. The molecule has 1 N–H and O–H groups in total. The van der Waals surface area contributed by atoms with Crippen molar-refractivity contribution in [1.82, 2.24) is 14.5 Å². The van der Waals surface area contributed by atoms with Gasteiger partial charge in [-0.05, 0) is 42.3 Å². The van der Waals surface area contributed by atoms with E-state index < -0.39 is 10.0 Å². The molecule has 1 heterocycles. The van der Waals surface area contributed by atoms with Gasteiger partial charge in [-0.15, -0.1) is 0 Å². The summed E-state index contributed by atoms with van der Waals surface area (Å²) in [5.74, 6) is -0.0486. The van der Waals surface area contributed by atoms with E-state index in [4.69, 9.17) is 23.2 Å². The molecule has 3 rings (SSSR count). The van der Waals surface area contributed by atoms with Crippen molar-refractivity contribution in [1.29, 1.82) is 0 Å². The number of rotatable bonds is 7. The molecule has 1 fully saturated rings. The van der Waals surface area contributed by atoms with Crippen molar-refractivity contribution in [3.8, 4) is 0 Å². The molecule has 1 saturated heterocycles. The van der Waals surface area contributed by atoms with Crippen molar-refractivity contribution in [2.45, 2.75) is 20.0 Å². The molecule has 0 spiro atoms. The normalized spacial score (nSPS) is 15.8. The first kappa shape index (κ1) is 23.0. The van der Waals surface area contributed by atoms with Crippen molar-refractivity contribution in [2.75, 3.05) is 31.9 Å². The van der Waals surface area contributed by atoms with E-state index in [-0.39, 0.29) is 11.7 Å². The van der Waals surface area contributed by atoms with Gasteiger partial charge in [0, 0.05) is 54.9 Å². The molecule has 0 aromatic heterocycles. The van der Waals surface area contributed by atoms with Crippen molar-refractivity contribution in [3.63, 3.8) is 0 Å². The predicted molar refractivity (Wildman–Crippen MR) is 120 cm³/mol. The lowest BCUT2D eigenvalue weighted by Gasteiger charge is -2.33. The van der Waals surface area contributed by atoms with Crippen LogP contribution in [-0.2, 0) is 23.1 Å². The zero-order valence-electron chi connectivity index (χ0n) is 16.8. The first-order valence-corrected chi connectivity index (χ1v) is 12.2. The second-order valence-corrected chi connectivity index (χ2v) is 10.3. The number of halogens is 2. The van der Waals surface area contributed by atoms with Crippen LogP contribution in [0.2, 0.25) is 10.0 Å². The van der Waals surface area contributed by atoms with Crippen LogP contribution in [0.5, 0.6) is 0 Å². The van der Waals surface area contributed by atoms with Gasteiger partial charge in [0.25, 0.3) is 5.91 Å². The predicted octanol–water partition coefficient (Wildman–Crippen LogP) is 3.39. The molecule has 1 aliphatic heterocycles. The van der Waals surface area contributed by atoms with E-state index in [1.54, 1.807) is 35.5 Å². The second kappa shape index (κ2) is 10.1. The molecule has 1 aliphatic rings. The summed E-state index contributed by atoms with van der Waals surface area (Å²) in [6.07, 6.45) is 0. The number of benzene rings is 2. The molecule has 2 aromatic rings. The monoisotopic (exact) mass is 469 g/mol. The van der Waals surface area contributed by atoms with E-state index in [1.807, 2.05) is 18.2 Å². The van der Waals surface area contributed by atoms with E-state index in [2.05, 4.69) is 10.2 Å². The zero-order valence-corrected chi connectivity index (χ0v) is 19.1. The Morgan fingerprint density at radius 1 is 1.07 bits per heavy atom. The number of nitrogens with one attached hydrogen (secondary N) is 1. The minimum atomic E-state index is -3.13. The molecule has 0 aliphatic carbocycles. The smallest absolute Gasteiger partial charge is 0.251 e. The summed E-state index contributed by atoms with van der Waals surface area (Å²) in [6.45, 7) is 4.99. The summed E-state index contributed by atoms with van der Waals surface area (Å²) in [4.78, 5) is 14.8. The van der Waals surface area contributed by atoms with Crippen LogP contribution in [0.3, 0.4) is 0 Å². The van der Waals surface area contributed by atoms with Gasteiger partial charge in [0.05, 0.1) is 5.75 Å². The Morgan fingerprint density at radius 2 is 1.80 bits per heavy atom. The summed E-state index contributed by atoms with van der Waals surface area (Å²) in [5.41, 5.74) is 2.38. The van der Waals surface area contributed by atoms with E-state index in [0.717, 1.165) is 11.1 Å². The number of carbonyl (C=O) groups excluding carboxylic acids is 1. The van der Waals surface area contributed by atoms with Gasteiger partial charge in [-0.1, -0.05) is 41.4 Å². The maximum absolute atomic E-state index is 12.6. The first-order chi connectivity index (χ1) is 14.3. The number of hydrogen-bond donors (Lipinski definition) is 1. The van der Waals surface area contributed by atoms with Crippen LogP contribution < -0.4 is 5.32 Å². The van der Waals surface area contributed by atoms with Crippen molar-refractivity contribution in [2.24, 2.45) is 0 Å². The van der Waals surface area contributed by atoms with E-state index in [0.29, 0.717) is 54.9 Å². The first-order valence-electron chi connectivity index (χ1n) is 9.79. The number of sulfonamides is 1. The zero-order chi connectivity index (χ0) is 21.7.